The van der Waals surface area contributed by atoms with E-state index >= 15 is 0 Å². The van der Waals surface area contributed by atoms with E-state index in [1.54, 1.807) is 0 Å². The van der Waals surface area contributed by atoms with Crippen LogP contribution in [0.4, 0.5) is 0 Å². The molecule has 68 valence electrons. The minimum Gasteiger partial charge on any atom is -0.176 e. The van der Waals surface area contributed by atoms with Crippen molar-refractivity contribution in [2.45, 2.75) is 44.6 Å². The Morgan fingerprint density at radius 3 is 1.82 bits per heavy atom. The van der Waals surface area contributed by atoms with E-state index in [0.29, 0.717) is 22.3 Å². The fourth-order valence-corrected chi connectivity index (χ4v) is 1.84. The van der Waals surface area contributed by atoms with Crippen LogP contribution in [-0.2, 0) is 0 Å². The van der Waals surface area contributed by atoms with Crippen LogP contribution in [0.15, 0.2) is 0 Å². The van der Waals surface area contributed by atoms with Gasteiger partial charge in [-0.3, -0.25) is 0 Å². The minimum absolute atomic E-state index is 0.450. The molecule has 0 nitrogen and oxygen atoms in total. The predicted octanol–water partition coefficient (Wildman–Crippen LogP) is 3.29. The van der Waals surface area contributed by atoms with Crippen molar-refractivity contribution in [1.29, 1.82) is 0 Å². The van der Waals surface area contributed by atoms with Gasteiger partial charge in [-0.2, -0.15) is 25.3 Å². The molecule has 0 saturated heterocycles. The first-order valence-electron chi connectivity index (χ1n) is 4.36. The summed E-state index contributed by atoms with van der Waals surface area (Å²) in [6.45, 7) is 8.83. The molecule has 0 bridgehead atoms. The van der Waals surface area contributed by atoms with Crippen LogP contribution in [0.1, 0.15) is 34.1 Å². The molecule has 0 spiro atoms. The van der Waals surface area contributed by atoms with Crippen molar-refractivity contribution in [3.63, 3.8) is 0 Å². The molecule has 0 heterocycles. The Morgan fingerprint density at radius 1 is 1.09 bits per heavy atom. The Hall–Kier alpha value is 0.700. The summed E-state index contributed by atoms with van der Waals surface area (Å²) in [5.74, 6) is 1.29. The van der Waals surface area contributed by atoms with Crippen LogP contribution < -0.4 is 0 Å². The molecule has 11 heavy (non-hydrogen) atoms. The molecule has 0 radical (unpaired) electrons. The number of hydrogen-bond acceptors (Lipinski definition) is 2. The maximum atomic E-state index is 4.59. The van der Waals surface area contributed by atoms with Gasteiger partial charge in [-0.25, -0.2) is 0 Å². The van der Waals surface area contributed by atoms with Crippen LogP contribution in [0.2, 0.25) is 0 Å². The lowest BCUT2D eigenvalue weighted by molar-refractivity contribution is 0.423. The van der Waals surface area contributed by atoms with Gasteiger partial charge in [-0.1, -0.05) is 34.1 Å². The van der Waals surface area contributed by atoms with Gasteiger partial charge in [0.1, 0.15) is 0 Å². The molecule has 0 N–H and O–H groups in total. The third kappa shape index (κ3) is 3.75. The summed E-state index contributed by atoms with van der Waals surface area (Å²) in [4.78, 5) is 0. The molecular formula is C9H20S2. The van der Waals surface area contributed by atoms with E-state index in [9.17, 15) is 0 Å². The molecule has 0 aromatic carbocycles. The first-order valence-corrected chi connectivity index (χ1v) is 5.40. The molecule has 4 atom stereocenters. The van der Waals surface area contributed by atoms with E-state index < -0.39 is 0 Å². The Balaban J connectivity index is 3.90. The summed E-state index contributed by atoms with van der Waals surface area (Å²) in [6, 6.07) is 0. The second kappa shape index (κ2) is 5.36. The maximum Gasteiger partial charge on any atom is 0.00783 e. The van der Waals surface area contributed by atoms with Crippen molar-refractivity contribution in [1.82, 2.24) is 0 Å². The molecule has 0 aromatic heterocycles. The van der Waals surface area contributed by atoms with Crippen LogP contribution >= 0.6 is 25.3 Å². The van der Waals surface area contributed by atoms with Crippen LogP contribution in [0.25, 0.3) is 0 Å². The normalized spacial score (nSPS) is 22.4. The fraction of sp³-hybridized carbons (Fsp3) is 1.00. The summed E-state index contributed by atoms with van der Waals surface area (Å²) in [5.41, 5.74) is 0. The van der Waals surface area contributed by atoms with Gasteiger partial charge in [0.2, 0.25) is 0 Å². The first-order chi connectivity index (χ1) is 5.00. The molecule has 4 unspecified atom stereocenters. The zero-order chi connectivity index (χ0) is 9.02. The van der Waals surface area contributed by atoms with E-state index in [2.05, 4.69) is 53.0 Å². The molecule has 0 saturated carbocycles. The molecule has 0 aliphatic rings. The van der Waals surface area contributed by atoms with Gasteiger partial charge in [0.05, 0.1) is 0 Å². The van der Waals surface area contributed by atoms with Gasteiger partial charge in [0.15, 0.2) is 0 Å². The lowest BCUT2D eigenvalue weighted by Gasteiger charge is -2.26. The van der Waals surface area contributed by atoms with Crippen LogP contribution in [0.5, 0.6) is 0 Å². The standard InChI is InChI=1S/C9H20S2/c1-5-6(2)9(11)7(3)8(4)10/h6-11H,5H2,1-4H3. The van der Waals surface area contributed by atoms with Crippen molar-refractivity contribution in [2.75, 3.05) is 0 Å². The molecule has 2 heteroatoms. The third-order valence-corrected chi connectivity index (χ3v) is 3.98. The van der Waals surface area contributed by atoms with Gasteiger partial charge >= 0.3 is 0 Å². The molecule has 0 fully saturated rings. The average Bonchev–Trinajstić information content (AvgIpc) is 2.00. The van der Waals surface area contributed by atoms with Gasteiger partial charge < -0.3 is 0 Å². The number of hydrogen-bond donors (Lipinski definition) is 2. The molecular weight excluding hydrogens is 172 g/mol. The highest BCUT2D eigenvalue weighted by Crippen LogP contribution is 2.25. The lowest BCUT2D eigenvalue weighted by atomic mass is 9.92. The van der Waals surface area contributed by atoms with E-state index in [-0.39, 0.29) is 0 Å². The Labute approximate surface area is 82.0 Å². The zero-order valence-electron chi connectivity index (χ0n) is 7.91. The van der Waals surface area contributed by atoms with Gasteiger partial charge in [-0.05, 0) is 11.8 Å². The monoisotopic (exact) mass is 192 g/mol. The zero-order valence-corrected chi connectivity index (χ0v) is 9.70. The third-order valence-electron chi connectivity index (χ3n) is 2.53. The predicted molar refractivity (Wildman–Crippen MR) is 59.8 cm³/mol. The van der Waals surface area contributed by atoms with E-state index in [1.807, 2.05) is 0 Å². The summed E-state index contributed by atoms with van der Waals surface area (Å²) in [5, 5.41) is 0.944. The second-order valence-corrected chi connectivity index (χ2v) is 4.89. The summed E-state index contributed by atoms with van der Waals surface area (Å²) >= 11 is 9.01. The van der Waals surface area contributed by atoms with Gasteiger partial charge in [0, 0.05) is 10.5 Å². The van der Waals surface area contributed by atoms with Gasteiger partial charge in [0.25, 0.3) is 0 Å². The Morgan fingerprint density at radius 2 is 1.55 bits per heavy atom. The Kier molecular flexibility index (Phi) is 5.71. The molecule has 0 aliphatic heterocycles. The summed E-state index contributed by atoms with van der Waals surface area (Å²) < 4.78 is 0. The van der Waals surface area contributed by atoms with Crippen molar-refractivity contribution in [3.05, 3.63) is 0 Å². The quantitative estimate of drug-likeness (QED) is 0.628. The molecule has 0 rings (SSSR count). The highest BCUT2D eigenvalue weighted by atomic mass is 32.1. The van der Waals surface area contributed by atoms with Crippen molar-refractivity contribution < 1.29 is 0 Å². The molecule has 0 amide bonds. The topological polar surface area (TPSA) is 0 Å². The van der Waals surface area contributed by atoms with Crippen LogP contribution in [-0.4, -0.2) is 10.5 Å². The number of rotatable bonds is 4. The largest absolute Gasteiger partial charge is 0.176 e. The van der Waals surface area contributed by atoms with E-state index in [1.165, 1.54) is 6.42 Å². The molecule has 0 aliphatic carbocycles. The summed E-state index contributed by atoms with van der Waals surface area (Å²) in [7, 11) is 0. The second-order valence-electron chi connectivity index (χ2n) is 3.48. The van der Waals surface area contributed by atoms with E-state index in [0.717, 1.165) is 0 Å². The van der Waals surface area contributed by atoms with Crippen molar-refractivity contribution >= 4 is 25.3 Å². The van der Waals surface area contributed by atoms with Crippen molar-refractivity contribution in [2.24, 2.45) is 11.8 Å². The fourth-order valence-electron chi connectivity index (χ4n) is 1.05. The SMILES string of the molecule is CCC(C)C(S)C(C)C(C)S. The van der Waals surface area contributed by atoms with Crippen molar-refractivity contribution in [3.8, 4) is 0 Å². The molecule has 0 aromatic rings. The minimum atomic E-state index is 0.450. The smallest absolute Gasteiger partial charge is 0.00783 e. The maximum absolute atomic E-state index is 4.59. The summed E-state index contributed by atoms with van der Waals surface area (Å²) in [6.07, 6.45) is 1.21. The van der Waals surface area contributed by atoms with Gasteiger partial charge in [-0.15, -0.1) is 0 Å². The highest BCUT2D eigenvalue weighted by Gasteiger charge is 2.21. The number of thiol groups is 2. The highest BCUT2D eigenvalue weighted by molar-refractivity contribution is 7.81. The first kappa shape index (κ1) is 11.7. The van der Waals surface area contributed by atoms with E-state index in [4.69, 9.17) is 0 Å². The average molecular weight is 192 g/mol. The van der Waals surface area contributed by atoms with Crippen LogP contribution in [0.3, 0.4) is 0 Å². The Bertz CT molecular complexity index is 102. The van der Waals surface area contributed by atoms with Crippen LogP contribution in [0, 0.1) is 11.8 Å². The lowest BCUT2D eigenvalue weighted by Crippen LogP contribution is -2.25.